The molecule has 3 aromatic carbocycles. The van der Waals surface area contributed by atoms with Gasteiger partial charge in [0.15, 0.2) is 0 Å². The lowest BCUT2D eigenvalue weighted by molar-refractivity contribution is 0.179. The molecule has 7 heteroatoms. The highest BCUT2D eigenvalue weighted by molar-refractivity contribution is 5.89. The van der Waals surface area contributed by atoms with Crippen molar-refractivity contribution in [1.29, 1.82) is 0 Å². The smallest absolute Gasteiger partial charge is 0.322 e. The lowest BCUT2D eigenvalue weighted by Gasteiger charge is -2.30. The Kier molecular flexibility index (Phi) is 6.83. The summed E-state index contributed by atoms with van der Waals surface area (Å²) in [6, 6.07) is 23.5. The van der Waals surface area contributed by atoms with Crippen LogP contribution in [0.25, 0.3) is 16.6 Å². The molecule has 0 saturated carbocycles. The van der Waals surface area contributed by atoms with Crippen LogP contribution >= 0.6 is 0 Å². The van der Waals surface area contributed by atoms with Crippen LogP contribution in [0.2, 0.25) is 0 Å². The topological polar surface area (TPSA) is 80.4 Å². The first-order chi connectivity index (χ1) is 18.3. The highest BCUT2D eigenvalue weighted by Gasteiger charge is 2.28. The third-order valence-electron chi connectivity index (χ3n) is 6.86. The second-order valence-corrected chi connectivity index (χ2v) is 9.58. The van der Waals surface area contributed by atoms with Gasteiger partial charge in [-0.2, -0.15) is 0 Å². The van der Waals surface area contributed by atoms with Crippen molar-refractivity contribution in [3.05, 3.63) is 124 Å². The van der Waals surface area contributed by atoms with Gasteiger partial charge in [0.05, 0.1) is 35.4 Å². The number of fused-ring (bicyclic) bond motifs is 1. The van der Waals surface area contributed by atoms with Crippen molar-refractivity contribution in [2.75, 3.05) is 5.32 Å². The fourth-order valence-electron chi connectivity index (χ4n) is 4.47. The van der Waals surface area contributed by atoms with E-state index in [1.807, 2.05) is 94.4 Å². The fraction of sp³-hybridized carbons (Fsp3) is 0.194. The average Bonchev–Trinajstić information content (AvgIpc) is 3.43. The molecule has 2 heterocycles. The lowest BCUT2D eigenvalue weighted by atomic mass is 10.1. The maximum atomic E-state index is 13.9. The van der Waals surface area contributed by atoms with Gasteiger partial charge in [0, 0.05) is 5.69 Å². The van der Waals surface area contributed by atoms with Crippen molar-refractivity contribution in [3.63, 3.8) is 0 Å². The minimum atomic E-state index is -0.579. The summed E-state index contributed by atoms with van der Waals surface area (Å²) >= 11 is 0. The molecule has 5 aromatic rings. The molecule has 1 atom stereocenters. The van der Waals surface area contributed by atoms with E-state index < -0.39 is 6.04 Å². The third kappa shape index (κ3) is 4.95. The highest BCUT2D eigenvalue weighted by atomic mass is 16.3. The molecule has 0 aliphatic heterocycles. The molecule has 0 bridgehead atoms. The molecule has 0 saturated heterocycles. The van der Waals surface area contributed by atoms with Crippen LogP contribution in [0.5, 0.6) is 0 Å². The Morgan fingerprint density at radius 2 is 1.74 bits per heavy atom. The largest absolute Gasteiger partial charge is 0.467 e. The summed E-state index contributed by atoms with van der Waals surface area (Å²) in [5.74, 6) is 1.08. The minimum Gasteiger partial charge on any atom is -0.467 e. The van der Waals surface area contributed by atoms with Crippen LogP contribution in [-0.4, -0.2) is 20.5 Å². The molecule has 0 fully saturated rings. The normalized spacial score (nSPS) is 11.9. The zero-order chi connectivity index (χ0) is 26.8. The number of benzene rings is 3. The first-order valence-electron chi connectivity index (χ1n) is 12.6. The molecule has 1 unspecified atom stereocenters. The van der Waals surface area contributed by atoms with E-state index in [1.165, 1.54) is 0 Å². The molecule has 7 nitrogen and oxygen atoms in total. The number of urea groups is 1. The van der Waals surface area contributed by atoms with Gasteiger partial charge in [-0.25, -0.2) is 9.78 Å². The predicted molar refractivity (Wildman–Crippen MR) is 150 cm³/mol. The molecule has 0 spiro atoms. The van der Waals surface area contributed by atoms with Gasteiger partial charge < -0.3 is 14.6 Å². The van der Waals surface area contributed by atoms with E-state index in [9.17, 15) is 9.59 Å². The van der Waals surface area contributed by atoms with Gasteiger partial charge in [-0.15, -0.1) is 0 Å². The average molecular weight is 507 g/mol. The summed E-state index contributed by atoms with van der Waals surface area (Å²) in [6.45, 7) is 8.12. The summed E-state index contributed by atoms with van der Waals surface area (Å²) < 4.78 is 7.21. The van der Waals surface area contributed by atoms with E-state index in [2.05, 4.69) is 5.32 Å². The molecule has 5 rings (SSSR count). The van der Waals surface area contributed by atoms with Crippen LogP contribution in [0.3, 0.4) is 0 Å². The molecular formula is C31H30N4O3. The summed E-state index contributed by atoms with van der Waals surface area (Å²) in [4.78, 5) is 34.1. The molecule has 1 N–H and O–H groups in total. The molecule has 0 aliphatic carbocycles. The van der Waals surface area contributed by atoms with Crippen molar-refractivity contribution in [2.45, 2.75) is 40.3 Å². The van der Waals surface area contributed by atoms with Crippen molar-refractivity contribution >= 4 is 22.6 Å². The first kappa shape index (κ1) is 25.0. The van der Waals surface area contributed by atoms with E-state index >= 15 is 0 Å². The van der Waals surface area contributed by atoms with Crippen LogP contribution in [0, 0.1) is 20.8 Å². The van der Waals surface area contributed by atoms with Gasteiger partial charge in [0.1, 0.15) is 11.6 Å². The maximum Gasteiger partial charge on any atom is 0.322 e. The van der Waals surface area contributed by atoms with E-state index in [-0.39, 0.29) is 18.1 Å². The Bertz CT molecular complexity index is 1650. The predicted octanol–water partition coefficient (Wildman–Crippen LogP) is 6.70. The van der Waals surface area contributed by atoms with Gasteiger partial charge in [0.25, 0.3) is 5.56 Å². The number of para-hydroxylation sites is 1. The van der Waals surface area contributed by atoms with Gasteiger partial charge in [-0.1, -0.05) is 35.9 Å². The van der Waals surface area contributed by atoms with Crippen molar-refractivity contribution in [2.24, 2.45) is 0 Å². The Morgan fingerprint density at radius 1 is 0.974 bits per heavy atom. The summed E-state index contributed by atoms with van der Waals surface area (Å²) in [5, 5.41) is 3.51. The number of nitrogens with one attached hydrogen (secondary N) is 1. The minimum absolute atomic E-state index is 0.183. The van der Waals surface area contributed by atoms with Crippen molar-refractivity contribution in [1.82, 2.24) is 14.5 Å². The number of carbonyl (C=O) groups excluding carboxylic acids is 1. The van der Waals surface area contributed by atoms with Crippen LogP contribution in [0.15, 0.2) is 94.3 Å². The Morgan fingerprint density at radius 3 is 2.45 bits per heavy atom. The molecular weight excluding hydrogens is 476 g/mol. The second kappa shape index (κ2) is 10.4. The first-order valence-corrected chi connectivity index (χ1v) is 12.6. The van der Waals surface area contributed by atoms with E-state index in [4.69, 9.17) is 9.40 Å². The number of hydrogen-bond donors (Lipinski definition) is 1. The van der Waals surface area contributed by atoms with Crippen molar-refractivity contribution in [3.8, 4) is 5.69 Å². The molecule has 0 radical (unpaired) electrons. The number of aryl methyl sites for hydroxylation is 3. The van der Waals surface area contributed by atoms with Crippen LogP contribution in [0.1, 0.15) is 41.2 Å². The molecule has 192 valence electrons. The number of furan rings is 1. The lowest BCUT2D eigenvalue weighted by Crippen LogP contribution is -2.39. The zero-order valence-electron chi connectivity index (χ0n) is 21.9. The number of anilines is 1. The summed E-state index contributed by atoms with van der Waals surface area (Å²) in [6.07, 6.45) is 1.58. The summed E-state index contributed by atoms with van der Waals surface area (Å²) in [7, 11) is 0. The quantitative estimate of drug-likeness (QED) is 0.278. The SMILES string of the molecule is Cc1ccc(NC(=O)N(Cc2ccco2)C(C)c2nc3ccccc3c(=O)n2-c2ccc(C)c(C)c2)cc1. The highest BCUT2D eigenvalue weighted by Crippen LogP contribution is 2.26. The Balaban J connectivity index is 1.64. The third-order valence-corrected chi connectivity index (χ3v) is 6.86. The zero-order valence-corrected chi connectivity index (χ0v) is 21.9. The molecule has 2 amide bonds. The molecule has 0 aliphatic rings. The van der Waals surface area contributed by atoms with E-state index in [0.29, 0.717) is 33.9 Å². The van der Waals surface area contributed by atoms with Gasteiger partial charge in [-0.05, 0) is 87.4 Å². The van der Waals surface area contributed by atoms with E-state index in [1.54, 1.807) is 27.9 Å². The second-order valence-electron chi connectivity index (χ2n) is 9.58. The van der Waals surface area contributed by atoms with Gasteiger partial charge >= 0.3 is 6.03 Å². The van der Waals surface area contributed by atoms with Gasteiger partial charge in [-0.3, -0.25) is 9.36 Å². The fourth-order valence-corrected chi connectivity index (χ4v) is 4.47. The number of aromatic nitrogens is 2. The van der Waals surface area contributed by atoms with Crippen LogP contribution in [0.4, 0.5) is 10.5 Å². The number of carbonyl (C=O) groups is 1. The van der Waals surface area contributed by atoms with Crippen LogP contribution < -0.4 is 10.9 Å². The molecule has 38 heavy (non-hydrogen) atoms. The van der Waals surface area contributed by atoms with Gasteiger partial charge in [0.2, 0.25) is 0 Å². The maximum absolute atomic E-state index is 13.9. The number of hydrogen-bond acceptors (Lipinski definition) is 4. The van der Waals surface area contributed by atoms with Crippen LogP contribution in [-0.2, 0) is 6.54 Å². The standard InChI is InChI=1S/C31H30N4O3/c1-20-11-14-24(15-12-20)32-31(37)34(19-26-8-7-17-38-26)23(4)29-33-28-10-6-5-9-27(28)30(36)35(29)25-16-13-21(2)22(3)18-25/h5-18,23H,19H2,1-4H3,(H,32,37). The van der Waals surface area contributed by atoms with Crippen molar-refractivity contribution < 1.29 is 9.21 Å². The summed E-state index contributed by atoms with van der Waals surface area (Å²) in [5.41, 5.74) is 5.06. The monoisotopic (exact) mass is 506 g/mol. The Labute approximate surface area is 221 Å². The van der Waals surface area contributed by atoms with E-state index in [0.717, 1.165) is 16.7 Å². The molecule has 2 aromatic heterocycles. The Hall–Kier alpha value is -4.65. The number of amides is 2. The number of rotatable bonds is 6. The number of nitrogens with zero attached hydrogens (tertiary/aromatic N) is 3.